The van der Waals surface area contributed by atoms with Gasteiger partial charge in [0.15, 0.2) is 0 Å². The van der Waals surface area contributed by atoms with Crippen LogP contribution in [-0.2, 0) is 4.79 Å². The van der Waals surface area contributed by atoms with Crippen LogP contribution in [0.3, 0.4) is 0 Å². The third-order valence-electron chi connectivity index (χ3n) is 4.32. The van der Waals surface area contributed by atoms with Crippen LogP contribution in [-0.4, -0.2) is 44.1 Å². The predicted octanol–water partition coefficient (Wildman–Crippen LogP) is 3.71. The Labute approximate surface area is 153 Å². The number of ether oxygens (including phenoxy) is 1. The molecule has 25 heavy (non-hydrogen) atoms. The van der Waals surface area contributed by atoms with Crippen LogP contribution in [0, 0.1) is 0 Å². The van der Waals surface area contributed by atoms with Crippen molar-refractivity contribution in [1.29, 1.82) is 0 Å². The highest BCUT2D eigenvalue weighted by Crippen LogP contribution is 2.26. The van der Waals surface area contributed by atoms with Crippen molar-refractivity contribution in [2.24, 2.45) is 0 Å². The molecule has 4 nitrogen and oxygen atoms in total. The van der Waals surface area contributed by atoms with Crippen molar-refractivity contribution < 1.29 is 9.53 Å². The largest absolute Gasteiger partial charge is 0.497 e. The van der Waals surface area contributed by atoms with E-state index in [0.29, 0.717) is 13.1 Å². The van der Waals surface area contributed by atoms with Crippen LogP contribution in [0.1, 0.15) is 5.56 Å². The monoisotopic (exact) mass is 356 g/mol. The van der Waals surface area contributed by atoms with E-state index >= 15 is 0 Å². The lowest BCUT2D eigenvalue weighted by Crippen LogP contribution is -2.48. The van der Waals surface area contributed by atoms with E-state index in [2.05, 4.69) is 4.90 Å². The minimum absolute atomic E-state index is 0.0367. The molecule has 1 amide bonds. The van der Waals surface area contributed by atoms with Gasteiger partial charge in [0.05, 0.1) is 17.8 Å². The van der Waals surface area contributed by atoms with Crippen LogP contribution in [0.25, 0.3) is 6.08 Å². The molecular formula is C20H21ClN2O2. The molecule has 0 unspecified atom stereocenters. The fourth-order valence-electron chi connectivity index (χ4n) is 2.86. The summed E-state index contributed by atoms with van der Waals surface area (Å²) >= 11 is 6.25. The Balaban J connectivity index is 1.56. The molecule has 130 valence electrons. The molecule has 0 atom stereocenters. The van der Waals surface area contributed by atoms with Gasteiger partial charge in [-0.05, 0) is 35.9 Å². The molecule has 1 fully saturated rings. The summed E-state index contributed by atoms with van der Waals surface area (Å²) in [5.74, 6) is 0.841. The third-order valence-corrected chi connectivity index (χ3v) is 4.64. The van der Waals surface area contributed by atoms with Crippen molar-refractivity contribution in [3.8, 4) is 5.75 Å². The smallest absolute Gasteiger partial charge is 0.246 e. The fraction of sp³-hybridized carbons (Fsp3) is 0.250. The number of nitrogens with zero attached hydrogens (tertiary/aromatic N) is 2. The Morgan fingerprint density at radius 3 is 2.36 bits per heavy atom. The number of halogens is 1. The molecule has 0 radical (unpaired) electrons. The van der Waals surface area contributed by atoms with Gasteiger partial charge in [0, 0.05) is 32.3 Å². The molecule has 0 N–H and O–H groups in total. The van der Waals surface area contributed by atoms with Gasteiger partial charge in [0.1, 0.15) is 5.75 Å². The van der Waals surface area contributed by atoms with Crippen molar-refractivity contribution in [3.63, 3.8) is 0 Å². The maximum Gasteiger partial charge on any atom is 0.246 e. The maximum atomic E-state index is 12.4. The lowest BCUT2D eigenvalue weighted by atomic mass is 10.2. The number of piperazine rings is 1. The number of carbonyl (C=O) groups is 1. The minimum Gasteiger partial charge on any atom is -0.497 e. The molecular weight excluding hydrogens is 336 g/mol. The van der Waals surface area contributed by atoms with Crippen LogP contribution in [0.4, 0.5) is 5.69 Å². The van der Waals surface area contributed by atoms with Crippen molar-refractivity contribution in [2.45, 2.75) is 0 Å². The van der Waals surface area contributed by atoms with E-state index in [1.54, 1.807) is 13.2 Å². The van der Waals surface area contributed by atoms with Gasteiger partial charge < -0.3 is 14.5 Å². The number of para-hydroxylation sites is 1. The number of methoxy groups -OCH3 is 1. The van der Waals surface area contributed by atoms with Crippen LogP contribution in [0.15, 0.2) is 54.6 Å². The standard InChI is InChI=1S/C20H21ClN2O2/c1-25-17-9-6-16(7-10-17)8-11-20(24)23-14-12-22(13-15-23)19-5-3-2-4-18(19)21/h2-11H,12-15H2,1H3/b11-8+. The molecule has 0 aliphatic carbocycles. The zero-order valence-corrected chi connectivity index (χ0v) is 14.9. The average molecular weight is 357 g/mol. The van der Waals surface area contributed by atoms with Crippen LogP contribution in [0.5, 0.6) is 5.75 Å². The molecule has 0 saturated carbocycles. The SMILES string of the molecule is COc1ccc(/C=C/C(=O)N2CCN(c3ccccc3Cl)CC2)cc1. The maximum absolute atomic E-state index is 12.4. The zero-order chi connectivity index (χ0) is 17.6. The van der Waals surface area contributed by atoms with Gasteiger partial charge in [-0.15, -0.1) is 0 Å². The summed E-state index contributed by atoms with van der Waals surface area (Å²) in [6.45, 7) is 2.95. The van der Waals surface area contributed by atoms with Gasteiger partial charge in [-0.3, -0.25) is 4.79 Å². The van der Waals surface area contributed by atoms with E-state index in [1.165, 1.54) is 0 Å². The first-order valence-electron chi connectivity index (χ1n) is 8.28. The average Bonchev–Trinajstić information content (AvgIpc) is 2.67. The summed E-state index contributed by atoms with van der Waals surface area (Å²) in [4.78, 5) is 16.5. The van der Waals surface area contributed by atoms with E-state index in [4.69, 9.17) is 16.3 Å². The fourth-order valence-corrected chi connectivity index (χ4v) is 3.12. The molecule has 0 aromatic heterocycles. The number of amides is 1. The second kappa shape index (κ2) is 8.08. The quantitative estimate of drug-likeness (QED) is 0.783. The Morgan fingerprint density at radius 2 is 1.72 bits per heavy atom. The Kier molecular flexibility index (Phi) is 5.61. The Morgan fingerprint density at radius 1 is 1.04 bits per heavy atom. The van der Waals surface area contributed by atoms with E-state index in [0.717, 1.165) is 35.1 Å². The number of benzene rings is 2. The highest BCUT2D eigenvalue weighted by molar-refractivity contribution is 6.33. The normalized spacial score (nSPS) is 14.8. The predicted molar refractivity (Wildman–Crippen MR) is 102 cm³/mol. The Hall–Kier alpha value is -2.46. The number of hydrogen-bond acceptors (Lipinski definition) is 3. The lowest BCUT2D eigenvalue weighted by molar-refractivity contribution is -0.126. The van der Waals surface area contributed by atoms with Crippen molar-refractivity contribution in [2.75, 3.05) is 38.2 Å². The molecule has 1 saturated heterocycles. The summed E-state index contributed by atoms with van der Waals surface area (Å²) in [7, 11) is 1.64. The second-order valence-electron chi connectivity index (χ2n) is 5.87. The molecule has 0 spiro atoms. The molecule has 2 aromatic carbocycles. The van der Waals surface area contributed by atoms with Crippen LogP contribution >= 0.6 is 11.6 Å². The van der Waals surface area contributed by atoms with Gasteiger partial charge >= 0.3 is 0 Å². The first-order valence-corrected chi connectivity index (χ1v) is 8.65. The number of anilines is 1. The van der Waals surface area contributed by atoms with E-state index in [9.17, 15) is 4.79 Å². The Bertz CT molecular complexity index is 751. The summed E-state index contributed by atoms with van der Waals surface area (Å²) in [6.07, 6.45) is 3.47. The molecule has 1 aliphatic rings. The van der Waals surface area contributed by atoms with Crippen molar-refractivity contribution >= 4 is 29.3 Å². The van der Waals surface area contributed by atoms with Gasteiger partial charge in [-0.25, -0.2) is 0 Å². The summed E-state index contributed by atoms with van der Waals surface area (Å²) in [5.41, 5.74) is 2.01. The third kappa shape index (κ3) is 4.34. The summed E-state index contributed by atoms with van der Waals surface area (Å²) < 4.78 is 5.13. The van der Waals surface area contributed by atoms with Gasteiger partial charge in [-0.2, -0.15) is 0 Å². The number of carbonyl (C=O) groups excluding carboxylic acids is 1. The molecule has 0 bridgehead atoms. The molecule has 3 rings (SSSR count). The van der Waals surface area contributed by atoms with Gasteiger partial charge in [-0.1, -0.05) is 35.9 Å². The summed E-state index contributed by atoms with van der Waals surface area (Å²) in [5, 5.41) is 0.752. The minimum atomic E-state index is 0.0367. The molecule has 1 heterocycles. The second-order valence-corrected chi connectivity index (χ2v) is 6.28. The van der Waals surface area contributed by atoms with Crippen molar-refractivity contribution in [1.82, 2.24) is 4.90 Å². The summed E-state index contributed by atoms with van der Waals surface area (Å²) in [6, 6.07) is 15.4. The van der Waals surface area contributed by atoms with Gasteiger partial charge in [0.2, 0.25) is 5.91 Å². The van der Waals surface area contributed by atoms with Gasteiger partial charge in [0.25, 0.3) is 0 Å². The molecule has 2 aromatic rings. The topological polar surface area (TPSA) is 32.8 Å². The van der Waals surface area contributed by atoms with Crippen LogP contribution in [0.2, 0.25) is 5.02 Å². The highest BCUT2D eigenvalue weighted by atomic mass is 35.5. The van der Waals surface area contributed by atoms with Crippen LogP contribution < -0.4 is 9.64 Å². The zero-order valence-electron chi connectivity index (χ0n) is 14.2. The number of rotatable bonds is 4. The van der Waals surface area contributed by atoms with Crippen molar-refractivity contribution in [3.05, 3.63) is 65.2 Å². The van der Waals surface area contributed by atoms with E-state index in [-0.39, 0.29) is 5.91 Å². The lowest BCUT2D eigenvalue weighted by Gasteiger charge is -2.36. The first-order chi connectivity index (χ1) is 12.2. The number of hydrogen-bond donors (Lipinski definition) is 0. The first kappa shape index (κ1) is 17.4. The molecule has 1 aliphatic heterocycles. The highest BCUT2D eigenvalue weighted by Gasteiger charge is 2.20. The van der Waals surface area contributed by atoms with E-state index < -0.39 is 0 Å². The molecule has 5 heteroatoms. The van der Waals surface area contributed by atoms with E-state index in [1.807, 2.05) is 59.5 Å².